The van der Waals surface area contributed by atoms with Gasteiger partial charge >= 0.3 is 0 Å². The Morgan fingerprint density at radius 2 is 1.75 bits per heavy atom. The average Bonchev–Trinajstić information content (AvgIpc) is 3.10. The Hall–Kier alpha value is -3.19. The van der Waals surface area contributed by atoms with E-state index in [9.17, 15) is 5.26 Å². The lowest BCUT2D eigenvalue weighted by Gasteiger charge is -2.28. The summed E-state index contributed by atoms with van der Waals surface area (Å²) in [6, 6.07) is 20.6. The number of aromatic nitrogens is 2. The minimum absolute atomic E-state index is 0.0716. The fourth-order valence-corrected chi connectivity index (χ4v) is 3.40. The quantitative estimate of drug-likeness (QED) is 0.773. The molecule has 0 radical (unpaired) electrons. The van der Waals surface area contributed by atoms with Crippen molar-refractivity contribution in [1.29, 1.82) is 5.26 Å². The van der Waals surface area contributed by atoms with Crippen LogP contribution >= 0.6 is 0 Å². The van der Waals surface area contributed by atoms with E-state index in [1.165, 1.54) is 5.56 Å². The molecular weight excluding hydrogens is 296 g/mol. The molecule has 0 fully saturated rings. The molecule has 1 aromatic heterocycles. The second-order valence-electron chi connectivity index (χ2n) is 5.98. The molecule has 3 aromatic rings. The number of benzene rings is 2. The standard InChI is InChI=1S/C20H16N4/c1-13-7-5-6-10-15(13)18-16(11-21)19(14-8-3-2-4-9-14)23-20-17(18)12-22-24-20/h2-10,12,16,18H,1H3,(H,22,24). The fourth-order valence-electron chi connectivity index (χ4n) is 3.40. The summed E-state index contributed by atoms with van der Waals surface area (Å²) in [5.74, 6) is 0.324. The van der Waals surface area contributed by atoms with Crippen LogP contribution in [0.3, 0.4) is 0 Å². The maximum atomic E-state index is 9.95. The third kappa shape index (κ3) is 2.22. The lowest BCUT2D eigenvalue weighted by molar-refractivity contribution is 0.715. The maximum Gasteiger partial charge on any atom is 0.152 e. The summed E-state index contributed by atoms with van der Waals surface area (Å²) in [6.45, 7) is 2.08. The molecule has 0 aliphatic carbocycles. The molecule has 1 aliphatic heterocycles. The van der Waals surface area contributed by atoms with Gasteiger partial charge < -0.3 is 0 Å². The third-order valence-corrected chi connectivity index (χ3v) is 4.57. The van der Waals surface area contributed by atoms with Crippen LogP contribution in [-0.4, -0.2) is 15.9 Å². The molecule has 0 bridgehead atoms. The van der Waals surface area contributed by atoms with E-state index in [2.05, 4.69) is 35.3 Å². The summed E-state index contributed by atoms with van der Waals surface area (Å²) >= 11 is 0. The second kappa shape index (κ2) is 5.78. The molecule has 0 amide bonds. The van der Waals surface area contributed by atoms with Crippen molar-refractivity contribution in [2.24, 2.45) is 10.9 Å². The van der Waals surface area contributed by atoms with Crippen LogP contribution in [0.1, 0.15) is 28.2 Å². The molecule has 2 unspecified atom stereocenters. The van der Waals surface area contributed by atoms with Gasteiger partial charge in [-0.15, -0.1) is 0 Å². The van der Waals surface area contributed by atoms with Crippen molar-refractivity contribution in [1.82, 2.24) is 10.2 Å². The van der Waals surface area contributed by atoms with Crippen LogP contribution in [0.4, 0.5) is 5.82 Å². The van der Waals surface area contributed by atoms with Gasteiger partial charge in [-0.05, 0) is 23.6 Å². The fraction of sp³-hybridized carbons (Fsp3) is 0.150. The molecule has 4 rings (SSSR count). The number of fused-ring (bicyclic) bond motifs is 1. The Morgan fingerprint density at radius 3 is 2.50 bits per heavy atom. The highest BCUT2D eigenvalue weighted by molar-refractivity contribution is 6.07. The van der Waals surface area contributed by atoms with Crippen molar-refractivity contribution in [3.63, 3.8) is 0 Å². The molecule has 1 aliphatic rings. The van der Waals surface area contributed by atoms with E-state index < -0.39 is 0 Å². The van der Waals surface area contributed by atoms with Gasteiger partial charge in [0, 0.05) is 11.5 Å². The largest absolute Gasteiger partial charge is 0.261 e. The Labute approximate surface area is 140 Å². The molecular formula is C20H16N4. The highest BCUT2D eigenvalue weighted by Gasteiger charge is 2.36. The van der Waals surface area contributed by atoms with Crippen molar-refractivity contribution < 1.29 is 0 Å². The number of hydrogen-bond acceptors (Lipinski definition) is 3. The van der Waals surface area contributed by atoms with E-state index in [1.54, 1.807) is 6.20 Å². The van der Waals surface area contributed by atoms with Gasteiger partial charge in [0.15, 0.2) is 5.82 Å². The molecule has 0 spiro atoms. The molecule has 4 heteroatoms. The summed E-state index contributed by atoms with van der Waals surface area (Å²) < 4.78 is 0. The smallest absolute Gasteiger partial charge is 0.152 e. The van der Waals surface area contributed by atoms with Gasteiger partial charge in [-0.3, -0.25) is 5.10 Å². The van der Waals surface area contributed by atoms with Crippen molar-refractivity contribution in [2.45, 2.75) is 12.8 Å². The van der Waals surface area contributed by atoms with Crippen molar-refractivity contribution >= 4 is 11.5 Å². The van der Waals surface area contributed by atoms with Crippen LogP contribution in [0, 0.1) is 24.2 Å². The molecule has 24 heavy (non-hydrogen) atoms. The van der Waals surface area contributed by atoms with Gasteiger partial charge in [0.1, 0.15) is 5.92 Å². The number of H-pyrrole nitrogens is 1. The summed E-state index contributed by atoms with van der Waals surface area (Å²) in [5, 5.41) is 17.1. The van der Waals surface area contributed by atoms with Crippen LogP contribution in [0.2, 0.25) is 0 Å². The first-order valence-corrected chi connectivity index (χ1v) is 7.92. The first-order valence-electron chi connectivity index (χ1n) is 7.92. The highest BCUT2D eigenvalue weighted by Crippen LogP contribution is 2.43. The Bertz CT molecular complexity index is 947. The lowest BCUT2D eigenvalue weighted by Crippen LogP contribution is -2.26. The molecule has 1 N–H and O–H groups in total. The van der Waals surface area contributed by atoms with Crippen LogP contribution in [0.25, 0.3) is 0 Å². The van der Waals surface area contributed by atoms with Gasteiger partial charge in [0.05, 0.1) is 18.0 Å². The molecule has 0 saturated heterocycles. The number of hydrogen-bond donors (Lipinski definition) is 1. The van der Waals surface area contributed by atoms with Gasteiger partial charge in [0.2, 0.25) is 0 Å². The van der Waals surface area contributed by atoms with E-state index in [4.69, 9.17) is 4.99 Å². The number of nitrogens with one attached hydrogen (secondary N) is 1. The van der Waals surface area contributed by atoms with E-state index in [1.807, 2.05) is 42.5 Å². The van der Waals surface area contributed by atoms with Gasteiger partial charge in [0.25, 0.3) is 0 Å². The summed E-state index contributed by atoms with van der Waals surface area (Å²) in [7, 11) is 0. The Balaban J connectivity index is 1.94. The SMILES string of the molecule is Cc1ccccc1C1c2cn[nH]c2N=C(c2ccccc2)C1C#N. The highest BCUT2D eigenvalue weighted by atomic mass is 15.2. The normalized spacial score (nSPS) is 19.2. The Morgan fingerprint density at radius 1 is 1.00 bits per heavy atom. The molecule has 116 valence electrons. The number of aromatic amines is 1. The summed E-state index contributed by atoms with van der Waals surface area (Å²) in [5.41, 5.74) is 5.07. The molecule has 4 nitrogen and oxygen atoms in total. The topological polar surface area (TPSA) is 64.8 Å². The molecule has 0 saturated carbocycles. The number of aryl methyl sites for hydroxylation is 1. The van der Waals surface area contributed by atoms with Gasteiger partial charge in [-0.2, -0.15) is 10.4 Å². The van der Waals surface area contributed by atoms with Gasteiger partial charge in [-0.1, -0.05) is 54.6 Å². The minimum atomic E-state index is -0.349. The first kappa shape index (κ1) is 14.4. The van der Waals surface area contributed by atoms with Crippen LogP contribution in [-0.2, 0) is 0 Å². The first-order chi connectivity index (χ1) is 11.8. The zero-order valence-electron chi connectivity index (χ0n) is 13.3. The minimum Gasteiger partial charge on any atom is -0.261 e. The summed E-state index contributed by atoms with van der Waals surface area (Å²) in [6.07, 6.45) is 1.79. The van der Waals surface area contributed by atoms with Crippen LogP contribution in [0.15, 0.2) is 65.8 Å². The number of aliphatic imine (C=N–C) groups is 1. The predicted octanol–water partition coefficient (Wildman–Crippen LogP) is 4.12. The third-order valence-electron chi connectivity index (χ3n) is 4.57. The average molecular weight is 312 g/mol. The van der Waals surface area contributed by atoms with Crippen LogP contribution < -0.4 is 0 Å². The van der Waals surface area contributed by atoms with E-state index >= 15 is 0 Å². The van der Waals surface area contributed by atoms with Crippen molar-refractivity contribution in [3.8, 4) is 6.07 Å². The second-order valence-corrected chi connectivity index (χ2v) is 5.98. The number of nitrogens with zero attached hydrogens (tertiary/aromatic N) is 3. The van der Waals surface area contributed by atoms with Crippen molar-refractivity contribution in [3.05, 3.63) is 83.0 Å². The molecule has 2 aromatic carbocycles. The summed E-state index contributed by atoms with van der Waals surface area (Å²) in [4.78, 5) is 4.71. The van der Waals surface area contributed by atoms with Crippen LogP contribution in [0.5, 0.6) is 0 Å². The predicted molar refractivity (Wildman–Crippen MR) is 93.4 cm³/mol. The monoisotopic (exact) mass is 312 g/mol. The molecule has 2 heterocycles. The van der Waals surface area contributed by atoms with Gasteiger partial charge in [-0.25, -0.2) is 4.99 Å². The number of rotatable bonds is 2. The Kier molecular flexibility index (Phi) is 3.47. The zero-order chi connectivity index (χ0) is 16.5. The van der Waals surface area contributed by atoms with E-state index in [-0.39, 0.29) is 11.8 Å². The molecule has 2 atom stereocenters. The number of nitriles is 1. The lowest BCUT2D eigenvalue weighted by atomic mass is 9.75. The van der Waals surface area contributed by atoms with Crippen molar-refractivity contribution in [2.75, 3.05) is 0 Å². The maximum absolute atomic E-state index is 9.95. The zero-order valence-corrected chi connectivity index (χ0v) is 13.3. The van der Waals surface area contributed by atoms with E-state index in [0.717, 1.165) is 28.2 Å². The van der Waals surface area contributed by atoms with E-state index in [0.29, 0.717) is 0 Å².